The number of anilines is 1. The summed E-state index contributed by atoms with van der Waals surface area (Å²) in [5.74, 6) is 0. The third kappa shape index (κ3) is 4.65. The zero-order chi connectivity index (χ0) is 13.4. The Kier molecular flexibility index (Phi) is 6.73. The molecule has 0 aromatic heterocycles. The van der Waals surface area contributed by atoms with Crippen molar-refractivity contribution in [2.75, 3.05) is 19.0 Å². The van der Waals surface area contributed by atoms with E-state index in [-0.39, 0.29) is 0 Å². The van der Waals surface area contributed by atoms with Crippen LogP contribution in [0.3, 0.4) is 0 Å². The van der Waals surface area contributed by atoms with Crippen LogP contribution in [0, 0.1) is 0 Å². The number of rotatable bonds is 7. The van der Waals surface area contributed by atoms with E-state index >= 15 is 0 Å². The van der Waals surface area contributed by atoms with Crippen molar-refractivity contribution < 1.29 is 4.21 Å². The average molecular weight is 265 g/mol. The van der Waals surface area contributed by atoms with E-state index in [9.17, 15) is 4.21 Å². The summed E-state index contributed by atoms with van der Waals surface area (Å²) in [6.45, 7) is 2.19. The van der Waals surface area contributed by atoms with Gasteiger partial charge in [-0.15, -0.1) is 0 Å². The number of hydrogen-bond donors (Lipinski definition) is 0. The maximum absolute atomic E-state index is 12.2. The lowest BCUT2D eigenvalue weighted by Crippen LogP contribution is -2.11. The van der Waals surface area contributed by atoms with Gasteiger partial charge >= 0.3 is 0 Å². The Labute approximate surface area is 113 Å². The molecular weight excluding hydrogens is 242 g/mol. The zero-order valence-electron chi connectivity index (χ0n) is 11.6. The van der Waals surface area contributed by atoms with Crippen molar-refractivity contribution in [2.45, 2.75) is 37.5 Å². The predicted molar refractivity (Wildman–Crippen MR) is 80.5 cm³/mol. The second kappa shape index (κ2) is 8.09. The van der Waals surface area contributed by atoms with Gasteiger partial charge in [-0.05, 0) is 25.0 Å². The first kappa shape index (κ1) is 15.0. The van der Waals surface area contributed by atoms with E-state index < -0.39 is 10.8 Å². The standard InChI is InChI=1S/C15H23NOS/c1-4-5-6-7-10-13-18(17)15-12-9-8-11-14(15)16(2)3/h8-13H,4-7H2,1-3H3/b13-10-. The molecule has 0 spiro atoms. The van der Waals surface area contributed by atoms with E-state index in [2.05, 4.69) is 6.92 Å². The lowest BCUT2D eigenvalue weighted by Gasteiger charge is -2.15. The minimum atomic E-state index is -1.04. The number of unbranched alkanes of at least 4 members (excludes halogenated alkanes) is 3. The maximum atomic E-state index is 12.2. The molecule has 1 unspecified atom stereocenters. The second-order valence-electron chi connectivity index (χ2n) is 4.53. The molecule has 0 saturated heterocycles. The van der Waals surface area contributed by atoms with Gasteiger partial charge in [0.1, 0.15) is 0 Å². The third-order valence-electron chi connectivity index (χ3n) is 2.76. The van der Waals surface area contributed by atoms with Gasteiger partial charge in [-0.2, -0.15) is 0 Å². The highest BCUT2D eigenvalue weighted by Gasteiger charge is 2.07. The predicted octanol–water partition coefficient (Wildman–Crippen LogP) is 3.95. The molecule has 0 fully saturated rings. The van der Waals surface area contributed by atoms with Crippen LogP contribution in [0.4, 0.5) is 5.69 Å². The zero-order valence-corrected chi connectivity index (χ0v) is 12.4. The molecule has 0 N–H and O–H groups in total. The molecule has 0 radical (unpaired) electrons. The third-order valence-corrected chi connectivity index (χ3v) is 3.98. The lowest BCUT2D eigenvalue weighted by molar-refractivity contribution is 0.688. The molecule has 18 heavy (non-hydrogen) atoms. The van der Waals surface area contributed by atoms with Crippen LogP contribution in [0.25, 0.3) is 0 Å². The summed E-state index contributed by atoms with van der Waals surface area (Å²) in [5, 5.41) is 1.82. The molecule has 1 rings (SSSR count). The Bertz CT molecular complexity index is 413. The smallest absolute Gasteiger partial charge is 0.0793 e. The van der Waals surface area contributed by atoms with Gasteiger partial charge in [0.25, 0.3) is 0 Å². The van der Waals surface area contributed by atoms with Gasteiger partial charge in [-0.25, -0.2) is 4.21 Å². The van der Waals surface area contributed by atoms with Gasteiger partial charge in [0.05, 0.1) is 21.4 Å². The molecule has 0 saturated carbocycles. The Morgan fingerprint density at radius 3 is 2.61 bits per heavy atom. The van der Waals surface area contributed by atoms with Crippen molar-refractivity contribution in [1.29, 1.82) is 0 Å². The molecule has 100 valence electrons. The molecule has 0 aliphatic carbocycles. The van der Waals surface area contributed by atoms with E-state index in [4.69, 9.17) is 0 Å². The van der Waals surface area contributed by atoms with Crippen LogP contribution in [0.5, 0.6) is 0 Å². The monoisotopic (exact) mass is 265 g/mol. The minimum absolute atomic E-state index is 0.884. The Morgan fingerprint density at radius 1 is 1.22 bits per heavy atom. The highest BCUT2D eigenvalue weighted by molar-refractivity contribution is 7.88. The van der Waals surface area contributed by atoms with E-state index in [1.54, 1.807) is 0 Å². The van der Waals surface area contributed by atoms with Gasteiger partial charge in [-0.3, -0.25) is 0 Å². The molecule has 3 heteroatoms. The molecule has 0 amide bonds. The first-order valence-electron chi connectivity index (χ1n) is 6.50. The Morgan fingerprint density at radius 2 is 1.94 bits per heavy atom. The van der Waals surface area contributed by atoms with Crippen molar-refractivity contribution in [3.8, 4) is 0 Å². The summed E-state index contributed by atoms with van der Waals surface area (Å²) < 4.78 is 12.2. The van der Waals surface area contributed by atoms with E-state index in [1.807, 2.05) is 54.7 Å². The molecule has 1 aromatic rings. The van der Waals surface area contributed by atoms with Crippen molar-refractivity contribution in [3.63, 3.8) is 0 Å². The molecule has 0 bridgehead atoms. The first-order chi connectivity index (χ1) is 8.66. The summed E-state index contributed by atoms with van der Waals surface area (Å²) in [4.78, 5) is 2.88. The number of benzene rings is 1. The van der Waals surface area contributed by atoms with E-state index in [1.165, 1.54) is 19.3 Å². The van der Waals surface area contributed by atoms with Gasteiger partial charge in [0.2, 0.25) is 0 Å². The van der Waals surface area contributed by atoms with Crippen molar-refractivity contribution in [2.24, 2.45) is 0 Å². The number of nitrogens with zero attached hydrogens (tertiary/aromatic N) is 1. The SMILES string of the molecule is CCCCC/C=C\S(=O)c1ccccc1N(C)C. The lowest BCUT2D eigenvalue weighted by atomic mass is 10.2. The average Bonchev–Trinajstić information content (AvgIpc) is 2.38. The minimum Gasteiger partial charge on any atom is -0.377 e. The number of para-hydroxylation sites is 1. The highest BCUT2D eigenvalue weighted by Crippen LogP contribution is 2.22. The summed E-state index contributed by atoms with van der Waals surface area (Å²) in [6, 6.07) is 7.84. The largest absolute Gasteiger partial charge is 0.377 e. The van der Waals surface area contributed by atoms with Crippen molar-refractivity contribution >= 4 is 16.5 Å². The van der Waals surface area contributed by atoms with Crippen molar-refractivity contribution in [1.82, 2.24) is 0 Å². The van der Waals surface area contributed by atoms with Crippen LogP contribution in [-0.4, -0.2) is 18.3 Å². The van der Waals surface area contributed by atoms with E-state index in [0.29, 0.717) is 0 Å². The van der Waals surface area contributed by atoms with Crippen LogP contribution in [0.2, 0.25) is 0 Å². The summed E-state index contributed by atoms with van der Waals surface area (Å²) >= 11 is 0. The van der Waals surface area contributed by atoms with Crippen LogP contribution >= 0.6 is 0 Å². The molecule has 0 heterocycles. The normalized spacial score (nSPS) is 12.8. The van der Waals surface area contributed by atoms with Crippen molar-refractivity contribution in [3.05, 3.63) is 35.7 Å². The second-order valence-corrected chi connectivity index (χ2v) is 5.83. The fraction of sp³-hybridized carbons (Fsp3) is 0.467. The molecular formula is C15H23NOS. The first-order valence-corrected chi connectivity index (χ1v) is 7.71. The molecule has 0 aliphatic rings. The quantitative estimate of drug-likeness (QED) is 0.696. The topological polar surface area (TPSA) is 20.3 Å². The molecule has 1 aromatic carbocycles. The molecule has 2 nitrogen and oxygen atoms in total. The maximum Gasteiger partial charge on any atom is 0.0793 e. The van der Waals surface area contributed by atoms with E-state index in [0.717, 1.165) is 17.0 Å². The number of allylic oxidation sites excluding steroid dienone is 1. The fourth-order valence-electron chi connectivity index (χ4n) is 1.74. The molecule has 0 aliphatic heterocycles. The van der Waals surface area contributed by atoms with Crippen LogP contribution in [0.15, 0.2) is 40.6 Å². The fourth-order valence-corrected chi connectivity index (χ4v) is 2.86. The van der Waals surface area contributed by atoms with Crippen LogP contribution in [0.1, 0.15) is 32.6 Å². The molecule has 1 atom stereocenters. The Hall–Kier alpha value is -1.09. The highest BCUT2D eigenvalue weighted by atomic mass is 32.2. The number of hydrogen-bond acceptors (Lipinski definition) is 2. The van der Waals surface area contributed by atoms with Crippen LogP contribution < -0.4 is 4.90 Å². The van der Waals surface area contributed by atoms with Gasteiger partial charge in [-0.1, -0.05) is 38.0 Å². The van der Waals surface area contributed by atoms with Gasteiger partial charge in [0, 0.05) is 19.5 Å². The van der Waals surface area contributed by atoms with Gasteiger partial charge < -0.3 is 4.90 Å². The summed E-state index contributed by atoms with van der Waals surface area (Å²) in [5.41, 5.74) is 1.02. The Balaban J connectivity index is 2.66. The van der Waals surface area contributed by atoms with Crippen LogP contribution in [-0.2, 0) is 10.8 Å². The summed E-state index contributed by atoms with van der Waals surface area (Å²) in [6.07, 6.45) is 6.70. The summed E-state index contributed by atoms with van der Waals surface area (Å²) in [7, 11) is 2.90. The van der Waals surface area contributed by atoms with Gasteiger partial charge in [0.15, 0.2) is 0 Å².